The summed E-state index contributed by atoms with van der Waals surface area (Å²) >= 11 is 5.29. The molecule has 0 aliphatic heterocycles. The molecule has 28 heavy (non-hydrogen) atoms. The van der Waals surface area contributed by atoms with E-state index < -0.39 is 5.56 Å². The molecule has 0 saturated carbocycles. The van der Waals surface area contributed by atoms with Crippen molar-refractivity contribution in [1.82, 2.24) is 9.55 Å². The van der Waals surface area contributed by atoms with Gasteiger partial charge in [0.2, 0.25) is 5.88 Å². The van der Waals surface area contributed by atoms with Gasteiger partial charge in [-0.1, -0.05) is 50.2 Å². The van der Waals surface area contributed by atoms with Gasteiger partial charge in [-0.2, -0.15) is 0 Å². The summed E-state index contributed by atoms with van der Waals surface area (Å²) in [4.78, 5) is 19.7. The highest BCUT2D eigenvalue weighted by molar-refractivity contribution is 7.71. The first kappa shape index (κ1) is 19.8. The average molecular weight is 394 g/mol. The summed E-state index contributed by atoms with van der Waals surface area (Å²) in [5.74, 6) is -0.223. The van der Waals surface area contributed by atoms with Crippen LogP contribution in [-0.4, -0.2) is 20.9 Å². The maximum atomic E-state index is 12.5. The zero-order chi connectivity index (χ0) is 20.3. The quantitative estimate of drug-likeness (QED) is 0.484. The van der Waals surface area contributed by atoms with Gasteiger partial charge in [-0.15, -0.1) is 0 Å². The van der Waals surface area contributed by atoms with Gasteiger partial charge in [0.15, 0.2) is 4.77 Å². The number of H-pyrrole nitrogens is 1. The van der Waals surface area contributed by atoms with Crippen LogP contribution in [0.15, 0.2) is 52.3 Å². The molecular formula is C22H23N3O2S. The van der Waals surface area contributed by atoms with E-state index in [9.17, 15) is 9.90 Å². The number of para-hydroxylation sites is 2. The minimum absolute atomic E-state index is 0.0739. The molecule has 6 heteroatoms. The van der Waals surface area contributed by atoms with E-state index >= 15 is 0 Å². The largest absolute Gasteiger partial charge is 0.494 e. The number of hydrogen-bond acceptors (Lipinski definition) is 4. The summed E-state index contributed by atoms with van der Waals surface area (Å²) in [6.07, 6.45) is 3.08. The van der Waals surface area contributed by atoms with E-state index in [0.29, 0.717) is 5.69 Å². The predicted octanol–water partition coefficient (Wildman–Crippen LogP) is 4.78. The molecule has 3 rings (SSSR count). The average Bonchev–Trinajstić information content (AvgIpc) is 2.68. The van der Waals surface area contributed by atoms with Crippen LogP contribution in [0.25, 0.3) is 5.69 Å². The first-order valence-electron chi connectivity index (χ1n) is 9.27. The van der Waals surface area contributed by atoms with Crippen molar-refractivity contribution in [2.24, 2.45) is 4.99 Å². The summed E-state index contributed by atoms with van der Waals surface area (Å²) in [5, 5.41) is 10.8. The molecule has 0 spiro atoms. The van der Waals surface area contributed by atoms with Gasteiger partial charge in [0, 0.05) is 6.21 Å². The lowest BCUT2D eigenvalue weighted by Gasteiger charge is -2.13. The van der Waals surface area contributed by atoms with Crippen LogP contribution in [0, 0.1) is 11.7 Å². The first-order chi connectivity index (χ1) is 13.5. The van der Waals surface area contributed by atoms with E-state index in [0.717, 1.165) is 35.2 Å². The van der Waals surface area contributed by atoms with Gasteiger partial charge in [-0.25, -0.2) is 0 Å². The number of benzene rings is 2. The molecule has 0 saturated heterocycles. The lowest BCUT2D eigenvalue weighted by Crippen LogP contribution is -2.18. The maximum absolute atomic E-state index is 12.5. The molecule has 0 atom stereocenters. The standard InChI is InChI=1S/C22H23N3O2S/c1-4-15-10-8-11-16(5-2)19(15)23-13-17-20(26)24-22(28)25(21(17)27)18-12-7-6-9-14(18)3/h6-13,27H,4-5H2,1-3H3,(H,24,26,28). The minimum Gasteiger partial charge on any atom is -0.494 e. The molecule has 0 aliphatic rings. The molecule has 0 unspecified atom stereocenters. The van der Waals surface area contributed by atoms with Crippen molar-refractivity contribution >= 4 is 24.1 Å². The highest BCUT2D eigenvalue weighted by atomic mass is 32.1. The second-order valence-electron chi connectivity index (χ2n) is 6.51. The van der Waals surface area contributed by atoms with Crippen LogP contribution in [0.5, 0.6) is 5.88 Å². The Morgan fingerprint density at radius 2 is 1.75 bits per heavy atom. The fraction of sp³-hybridized carbons (Fsp3) is 0.227. The summed E-state index contributed by atoms with van der Waals surface area (Å²) in [6.45, 7) is 6.05. The van der Waals surface area contributed by atoms with Gasteiger partial charge in [0.25, 0.3) is 5.56 Å². The zero-order valence-corrected chi connectivity index (χ0v) is 17.0. The van der Waals surface area contributed by atoms with Crippen molar-refractivity contribution in [3.05, 3.63) is 79.8 Å². The second kappa shape index (κ2) is 8.35. The van der Waals surface area contributed by atoms with E-state index in [1.165, 1.54) is 10.8 Å². The molecule has 5 nitrogen and oxygen atoms in total. The Morgan fingerprint density at radius 3 is 2.36 bits per heavy atom. The SMILES string of the molecule is CCc1cccc(CC)c1N=Cc1c(O)n(-c2ccccc2C)c(=S)[nH]c1=O. The van der Waals surface area contributed by atoms with Gasteiger partial charge < -0.3 is 5.11 Å². The Labute approximate surface area is 169 Å². The Bertz CT molecular complexity index is 1140. The molecule has 2 aromatic carbocycles. The monoisotopic (exact) mass is 393 g/mol. The molecule has 0 fully saturated rings. The Hall–Kier alpha value is -2.99. The van der Waals surface area contributed by atoms with E-state index in [2.05, 4.69) is 23.8 Å². The van der Waals surface area contributed by atoms with Crippen molar-refractivity contribution < 1.29 is 5.11 Å². The zero-order valence-electron chi connectivity index (χ0n) is 16.2. The Balaban J connectivity index is 2.19. The summed E-state index contributed by atoms with van der Waals surface area (Å²) in [6, 6.07) is 13.6. The number of hydrogen-bond donors (Lipinski definition) is 2. The van der Waals surface area contributed by atoms with E-state index in [1.54, 1.807) is 0 Å². The van der Waals surface area contributed by atoms with Crippen molar-refractivity contribution in [2.45, 2.75) is 33.6 Å². The normalized spacial score (nSPS) is 11.2. The fourth-order valence-corrected chi connectivity index (χ4v) is 3.48. The lowest BCUT2D eigenvalue weighted by molar-refractivity contribution is 0.432. The number of aromatic hydroxyl groups is 1. The number of rotatable bonds is 5. The highest BCUT2D eigenvalue weighted by Crippen LogP contribution is 2.27. The maximum Gasteiger partial charge on any atom is 0.264 e. The molecule has 1 aromatic heterocycles. The van der Waals surface area contributed by atoms with Gasteiger partial charge in [-0.05, 0) is 54.7 Å². The van der Waals surface area contributed by atoms with Crippen molar-refractivity contribution in [3.8, 4) is 11.6 Å². The number of nitrogens with one attached hydrogen (secondary N) is 1. The summed E-state index contributed by atoms with van der Waals surface area (Å²) in [5.41, 5.74) is 4.27. The molecule has 0 amide bonds. The van der Waals surface area contributed by atoms with Gasteiger partial charge in [0.05, 0.1) is 11.4 Å². The van der Waals surface area contributed by atoms with Crippen molar-refractivity contribution in [2.75, 3.05) is 0 Å². The molecule has 1 heterocycles. The van der Waals surface area contributed by atoms with Crippen LogP contribution in [-0.2, 0) is 12.8 Å². The molecular weight excluding hydrogens is 370 g/mol. The van der Waals surface area contributed by atoms with E-state index in [1.807, 2.05) is 49.4 Å². The van der Waals surface area contributed by atoms with Crippen LogP contribution in [0.3, 0.4) is 0 Å². The number of aromatic nitrogens is 2. The van der Waals surface area contributed by atoms with E-state index in [4.69, 9.17) is 12.2 Å². The second-order valence-corrected chi connectivity index (χ2v) is 6.90. The smallest absolute Gasteiger partial charge is 0.264 e. The Morgan fingerprint density at radius 1 is 1.11 bits per heavy atom. The van der Waals surface area contributed by atoms with Crippen LogP contribution in [0.4, 0.5) is 5.69 Å². The summed E-state index contributed by atoms with van der Waals surface area (Å²) < 4.78 is 1.59. The molecule has 0 bridgehead atoms. The molecule has 0 radical (unpaired) electrons. The number of aliphatic imine (C=N–C) groups is 1. The van der Waals surface area contributed by atoms with Crippen LogP contribution in [0.1, 0.15) is 36.1 Å². The van der Waals surface area contributed by atoms with Gasteiger partial charge >= 0.3 is 0 Å². The first-order valence-corrected chi connectivity index (χ1v) is 9.67. The number of aryl methyl sites for hydroxylation is 3. The van der Waals surface area contributed by atoms with E-state index in [-0.39, 0.29) is 16.2 Å². The number of aromatic amines is 1. The summed E-state index contributed by atoms with van der Waals surface area (Å²) in [7, 11) is 0. The molecule has 144 valence electrons. The fourth-order valence-electron chi connectivity index (χ4n) is 3.20. The lowest BCUT2D eigenvalue weighted by atomic mass is 10.0. The van der Waals surface area contributed by atoms with Gasteiger partial charge in [0.1, 0.15) is 5.56 Å². The van der Waals surface area contributed by atoms with Crippen LogP contribution >= 0.6 is 12.2 Å². The van der Waals surface area contributed by atoms with Crippen molar-refractivity contribution in [3.63, 3.8) is 0 Å². The Kier molecular flexibility index (Phi) is 5.90. The highest BCUT2D eigenvalue weighted by Gasteiger charge is 2.14. The number of nitrogens with zero attached hydrogens (tertiary/aromatic N) is 2. The van der Waals surface area contributed by atoms with Crippen LogP contribution < -0.4 is 5.56 Å². The third kappa shape index (κ3) is 3.68. The third-order valence-electron chi connectivity index (χ3n) is 4.76. The van der Waals surface area contributed by atoms with Crippen LogP contribution in [0.2, 0.25) is 0 Å². The molecule has 2 N–H and O–H groups in total. The predicted molar refractivity (Wildman–Crippen MR) is 116 cm³/mol. The molecule has 3 aromatic rings. The third-order valence-corrected chi connectivity index (χ3v) is 5.05. The topological polar surface area (TPSA) is 70.4 Å². The van der Waals surface area contributed by atoms with Crippen molar-refractivity contribution in [1.29, 1.82) is 0 Å². The van der Waals surface area contributed by atoms with Gasteiger partial charge in [-0.3, -0.25) is 19.3 Å². The minimum atomic E-state index is -0.469. The molecule has 0 aliphatic carbocycles.